The number of rotatable bonds is 5. The Labute approximate surface area is 201 Å². The van der Waals surface area contributed by atoms with E-state index in [1.807, 2.05) is 17.0 Å². The predicted molar refractivity (Wildman–Crippen MR) is 138 cm³/mol. The lowest BCUT2D eigenvalue weighted by atomic mass is 10.0. The van der Waals surface area contributed by atoms with Crippen LogP contribution in [0.5, 0.6) is 0 Å². The zero-order valence-corrected chi connectivity index (χ0v) is 19.9. The Bertz CT molecular complexity index is 1270. The molecule has 34 heavy (non-hydrogen) atoms. The van der Waals surface area contributed by atoms with Crippen LogP contribution in [-0.4, -0.2) is 42.0 Å². The van der Waals surface area contributed by atoms with Gasteiger partial charge in [-0.1, -0.05) is 55.0 Å². The van der Waals surface area contributed by atoms with Crippen molar-refractivity contribution in [2.24, 2.45) is 0 Å². The zero-order chi connectivity index (χ0) is 23.5. The third-order valence-electron chi connectivity index (χ3n) is 6.60. The molecule has 2 amide bonds. The van der Waals surface area contributed by atoms with E-state index in [0.717, 1.165) is 48.5 Å². The Balaban J connectivity index is 1.17. The van der Waals surface area contributed by atoms with E-state index in [-0.39, 0.29) is 6.03 Å². The maximum absolute atomic E-state index is 12.6. The second-order valence-electron chi connectivity index (χ2n) is 9.08. The van der Waals surface area contributed by atoms with Crippen LogP contribution in [0.1, 0.15) is 23.8 Å². The van der Waals surface area contributed by atoms with Crippen LogP contribution in [0.15, 0.2) is 77.2 Å². The Morgan fingerprint density at radius 2 is 1.59 bits per heavy atom. The van der Waals surface area contributed by atoms with Crippen LogP contribution in [0, 0.1) is 6.92 Å². The van der Waals surface area contributed by atoms with E-state index >= 15 is 0 Å². The monoisotopic (exact) mass is 453 g/mol. The van der Waals surface area contributed by atoms with Gasteiger partial charge in [0.25, 0.3) is 0 Å². The first-order valence-electron chi connectivity index (χ1n) is 12.0. The van der Waals surface area contributed by atoms with Gasteiger partial charge in [0.1, 0.15) is 11.3 Å². The molecule has 5 heteroatoms. The molecule has 4 aromatic rings. The highest BCUT2D eigenvalue weighted by atomic mass is 16.3. The van der Waals surface area contributed by atoms with E-state index in [4.69, 9.17) is 4.42 Å². The molecule has 5 nitrogen and oxygen atoms in total. The maximum Gasteiger partial charge on any atom is 0.321 e. The highest BCUT2D eigenvalue weighted by Gasteiger charge is 2.22. The van der Waals surface area contributed by atoms with Gasteiger partial charge in [-0.2, -0.15) is 0 Å². The molecule has 0 saturated carbocycles. The molecule has 0 spiro atoms. The quantitative estimate of drug-likeness (QED) is 0.385. The predicted octanol–water partition coefficient (Wildman–Crippen LogP) is 6.32. The van der Waals surface area contributed by atoms with Gasteiger partial charge in [-0.3, -0.25) is 4.90 Å². The summed E-state index contributed by atoms with van der Waals surface area (Å²) in [5.74, 6) is 0.963. The number of carbonyl (C=O) groups excluding carboxylic acids is 1. The molecule has 1 aliphatic rings. The van der Waals surface area contributed by atoms with Gasteiger partial charge in [-0.15, -0.1) is 0 Å². The van der Waals surface area contributed by atoms with Gasteiger partial charge in [0, 0.05) is 37.3 Å². The van der Waals surface area contributed by atoms with E-state index in [1.54, 1.807) is 0 Å². The minimum Gasteiger partial charge on any atom is -0.460 e. The SMILES string of the molecule is CCc1ccc(NC(=O)N2CCN(Cc3cc4cc(-c5ccc(C)cc5)ccc4o3)CC2)cc1. The zero-order valence-electron chi connectivity index (χ0n) is 19.9. The molecule has 3 aromatic carbocycles. The summed E-state index contributed by atoms with van der Waals surface area (Å²) < 4.78 is 6.12. The molecule has 1 N–H and O–H groups in total. The van der Waals surface area contributed by atoms with Gasteiger partial charge in [-0.05, 0) is 60.4 Å². The van der Waals surface area contributed by atoms with Crippen molar-refractivity contribution in [1.29, 1.82) is 0 Å². The van der Waals surface area contributed by atoms with E-state index in [0.29, 0.717) is 13.1 Å². The van der Waals surface area contributed by atoms with Crippen LogP contribution < -0.4 is 5.32 Å². The van der Waals surface area contributed by atoms with Crippen LogP contribution in [0.3, 0.4) is 0 Å². The van der Waals surface area contributed by atoms with Crippen molar-refractivity contribution in [1.82, 2.24) is 9.80 Å². The molecule has 0 atom stereocenters. The first-order chi connectivity index (χ1) is 16.6. The van der Waals surface area contributed by atoms with E-state index < -0.39 is 0 Å². The number of amides is 2. The first-order valence-corrected chi connectivity index (χ1v) is 12.0. The number of aryl methyl sites for hydroxylation is 2. The van der Waals surface area contributed by atoms with Gasteiger partial charge in [-0.25, -0.2) is 4.79 Å². The molecule has 2 heterocycles. The van der Waals surface area contributed by atoms with Crippen molar-refractivity contribution >= 4 is 22.7 Å². The van der Waals surface area contributed by atoms with E-state index in [1.165, 1.54) is 22.3 Å². The number of anilines is 1. The second-order valence-corrected chi connectivity index (χ2v) is 9.08. The fourth-order valence-electron chi connectivity index (χ4n) is 4.46. The maximum atomic E-state index is 12.6. The number of benzene rings is 3. The van der Waals surface area contributed by atoms with Crippen LogP contribution in [0.25, 0.3) is 22.1 Å². The number of carbonyl (C=O) groups is 1. The highest BCUT2D eigenvalue weighted by molar-refractivity contribution is 5.89. The smallest absolute Gasteiger partial charge is 0.321 e. The summed E-state index contributed by atoms with van der Waals surface area (Å²) in [6, 6.07) is 25.2. The average molecular weight is 454 g/mol. The lowest BCUT2D eigenvalue weighted by Gasteiger charge is -2.34. The molecule has 0 radical (unpaired) electrons. The van der Waals surface area contributed by atoms with Crippen molar-refractivity contribution in [2.45, 2.75) is 26.8 Å². The average Bonchev–Trinajstić information content (AvgIpc) is 3.27. The normalized spacial score (nSPS) is 14.5. The van der Waals surface area contributed by atoms with Crippen molar-refractivity contribution in [3.05, 3.63) is 89.7 Å². The molecular weight excluding hydrogens is 422 g/mol. The number of furan rings is 1. The number of nitrogens with zero attached hydrogens (tertiary/aromatic N) is 2. The molecule has 0 aliphatic carbocycles. The number of fused-ring (bicyclic) bond motifs is 1. The highest BCUT2D eigenvalue weighted by Crippen LogP contribution is 2.27. The second kappa shape index (κ2) is 9.74. The molecule has 1 saturated heterocycles. The number of hydrogen-bond donors (Lipinski definition) is 1. The molecule has 0 bridgehead atoms. The van der Waals surface area contributed by atoms with Crippen LogP contribution in [0.4, 0.5) is 10.5 Å². The minimum absolute atomic E-state index is 0.0312. The summed E-state index contributed by atoms with van der Waals surface area (Å²) in [5, 5.41) is 4.14. The Morgan fingerprint density at radius 3 is 2.29 bits per heavy atom. The Hall–Kier alpha value is -3.57. The summed E-state index contributed by atoms with van der Waals surface area (Å²) in [6.07, 6.45) is 0.995. The van der Waals surface area contributed by atoms with Crippen LogP contribution in [0.2, 0.25) is 0 Å². The standard InChI is InChI=1S/C29H31N3O2/c1-3-22-6-11-26(12-7-22)30-29(33)32-16-14-31(15-17-32)20-27-19-25-18-24(10-13-28(25)34-27)23-8-4-21(2)5-9-23/h4-13,18-19H,3,14-17,20H2,1-2H3,(H,30,33). The summed E-state index contributed by atoms with van der Waals surface area (Å²) in [7, 11) is 0. The third kappa shape index (κ3) is 5.00. The topological polar surface area (TPSA) is 48.7 Å². The molecule has 1 aromatic heterocycles. The first kappa shape index (κ1) is 22.2. The van der Waals surface area contributed by atoms with Crippen molar-refractivity contribution < 1.29 is 9.21 Å². The lowest BCUT2D eigenvalue weighted by molar-refractivity contribution is 0.137. The number of piperazine rings is 1. The van der Waals surface area contributed by atoms with E-state index in [2.05, 4.69) is 84.7 Å². The van der Waals surface area contributed by atoms with Crippen LogP contribution >= 0.6 is 0 Å². The van der Waals surface area contributed by atoms with Gasteiger partial charge in [0.05, 0.1) is 6.54 Å². The van der Waals surface area contributed by atoms with Crippen molar-refractivity contribution in [3.8, 4) is 11.1 Å². The van der Waals surface area contributed by atoms with E-state index in [9.17, 15) is 4.79 Å². The molecule has 5 rings (SSSR count). The number of hydrogen-bond acceptors (Lipinski definition) is 3. The summed E-state index contributed by atoms with van der Waals surface area (Å²) in [5.41, 5.74) is 6.70. The van der Waals surface area contributed by atoms with Crippen LogP contribution in [-0.2, 0) is 13.0 Å². The Kier molecular flexibility index (Phi) is 6.37. The fraction of sp³-hybridized carbons (Fsp3) is 0.276. The van der Waals surface area contributed by atoms with Gasteiger partial charge in [0.2, 0.25) is 0 Å². The van der Waals surface area contributed by atoms with Gasteiger partial charge >= 0.3 is 6.03 Å². The molecule has 174 valence electrons. The third-order valence-corrected chi connectivity index (χ3v) is 6.60. The minimum atomic E-state index is -0.0312. The summed E-state index contributed by atoms with van der Waals surface area (Å²) in [4.78, 5) is 16.9. The largest absolute Gasteiger partial charge is 0.460 e. The number of nitrogens with one attached hydrogen (secondary N) is 1. The van der Waals surface area contributed by atoms with Gasteiger partial charge < -0.3 is 14.6 Å². The molecule has 1 fully saturated rings. The Morgan fingerprint density at radius 1 is 0.882 bits per heavy atom. The van der Waals surface area contributed by atoms with Crippen molar-refractivity contribution in [3.63, 3.8) is 0 Å². The molecular formula is C29H31N3O2. The summed E-state index contributed by atoms with van der Waals surface area (Å²) >= 11 is 0. The molecule has 0 unspecified atom stereocenters. The number of urea groups is 1. The van der Waals surface area contributed by atoms with Crippen molar-refractivity contribution in [2.75, 3.05) is 31.5 Å². The lowest BCUT2D eigenvalue weighted by Crippen LogP contribution is -2.49. The summed E-state index contributed by atoms with van der Waals surface area (Å²) in [6.45, 7) is 8.05. The molecule has 1 aliphatic heterocycles. The van der Waals surface area contributed by atoms with Gasteiger partial charge in [0.15, 0.2) is 0 Å². The fourth-order valence-corrected chi connectivity index (χ4v) is 4.46.